The van der Waals surface area contributed by atoms with Crippen LogP contribution in [0.2, 0.25) is 0 Å². The molecule has 3 nitrogen and oxygen atoms in total. The smallest absolute Gasteiger partial charge is 0.416 e. The Hall–Kier alpha value is -1.84. The molecule has 0 unspecified atom stereocenters. The zero-order chi connectivity index (χ0) is 19.9. The second kappa shape index (κ2) is 7.29. The van der Waals surface area contributed by atoms with Crippen LogP contribution in [0.4, 0.5) is 18.9 Å². The van der Waals surface area contributed by atoms with Crippen molar-refractivity contribution in [2.75, 3.05) is 4.90 Å². The van der Waals surface area contributed by atoms with Gasteiger partial charge in [0.15, 0.2) is 4.32 Å². The van der Waals surface area contributed by atoms with Crippen LogP contribution in [0.15, 0.2) is 45.8 Å². The number of amides is 1. The van der Waals surface area contributed by atoms with Gasteiger partial charge < -0.3 is 5.11 Å². The Morgan fingerprint density at radius 2 is 1.96 bits per heavy atom. The van der Waals surface area contributed by atoms with Crippen molar-refractivity contribution < 1.29 is 23.1 Å². The molecule has 1 saturated heterocycles. The lowest BCUT2D eigenvalue weighted by Gasteiger charge is -2.16. The average Bonchev–Trinajstić information content (AvgIpc) is 2.85. The lowest BCUT2D eigenvalue weighted by Crippen LogP contribution is -2.27. The van der Waals surface area contributed by atoms with E-state index in [0.717, 1.165) is 28.8 Å². The van der Waals surface area contributed by atoms with Crippen molar-refractivity contribution in [2.45, 2.75) is 13.1 Å². The Morgan fingerprint density at radius 1 is 1.26 bits per heavy atom. The van der Waals surface area contributed by atoms with E-state index in [1.54, 1.807) is 25.1 Å². The van der Waals surface area contributed by atoms with Crippen LogP contribution in [0.3, 0.4) is 0 Å². The predicted molar refractivity (Wildman–Crippen MR) is 108 cm³/mol. The molecule has 140 valence electrons. The molecule has 9 heteroatoms. The molecule has 2 aromatic carbocycles. The number of rotatable bonds is 2. The van der Waals surface area contributed by atoms with Crippen molar-refractivity contribution in [2.24, 2.45) is 0 Å². The first-order valence-electron chi connectivity index (χ1n) is 7.52. The predicted octanol–water partition coefficient (Wildman–Crippen LogP) is 5.89. The van der Waals surface area contributed by atoms with E-state index < -0.39 is 17.6 Å². The van der Waals surface area contributed by atoms with Crippen LogP contribution in [0.5, 0.6) is 5.75 Å². The highest BCUT2D eigenvalue weighted by Crippen LogP contribution is 2.39. The molecule has 1 amide bonds. The first-order chi connectivity index (χ1) is 12.6. The van der Waals surface area contributed by atoms with Crippen LogP contribution in [0.1, 0.15) is 16.7 Å². The van der Waals surface area contributed by atoms with E-state index in [1.807, 2.05) is 0 Å². The molecule has 3 rings (SSSR count). The van der Waals surface area contributed by atoms with E-state index in [0.29, 0.717) is 15.6 Å². The summed E-state index contributed by atoms with van der Waals surface area (Å²) in [6.45, 7) is 1.71. The number of aromatic hydroxyl groups is 1. The van der Waals surface area contributed by atoms with E-state index in [1.165, 1.54) is 12.1 Å². The summed E-state index contributed by atoms with van der Waals surface area (Å²) in [7, 11) is 0. The van der Waals surface area contributed by atoms with Gasteiger partial charge in [-0.3, -0.25) is 9.69 Å². The number of hydrogen-bond acceptors (Lipinski definition) is 4. The lowest BCUT2D eigenvalue weighted by atomic mass is 10.1. The summed E-state index contributed by atoms with van der Waals surface area (Å²) >= 11 is 9.44. The van der Waals surface area contributed by atoms with E-state index in [9.17, 15) is 23.1 Å². The van der Waals surface area contributed by atoms with Crippen molar-refractivity contribution in [1.29, 1.82) is 0 Å². The standard InChI is InChI=1S/C18H11BrF3NO2S2/c1-9-5-10(6-13(19)15(9)24)7-14-16(25)23(17(26)27-14)12-4-2-3-11(8-12)18(20,21)22/h2-8,24H,1H3/b14-7-. The maximum absolute atomic E-state index is 12.9. The monoisotopic (exact) mass is 473 g/mol. The highest BCUT2D eigenvalue weighted by atomic mass is 79.9. The summed E-state index contributed by atoms with van der Waals surface area (Å²) in [6, 6.07) is 7.81. The van der Waals surface area contributed by atoms with E-state index in [2.05, 4.69) is 15.9 Å². The fourth-order valence-corrected chi connectivity index (χ4v) is 4.39. The molecule has 0 atom stereocenters. The number of phenolic OH excluding ortho intramolecular Hbond substituents is 1. The fraction of sp³-hybridized carbons (Fsp3) is 0.111. The number of aryl methyl sites for hydroxylation is 1. The van der Waals surface area contributed by atoms with Crippen LogP contribution in [-0.2, 0) is 11.0 Å². The molecule has 0 saturated carbocycles. The number of hydrogen-bond donors (Lipinski definition) is 1. The highest BCUT2D eigenvalue weighted by molar-refractivity contribution is 9.10. The third kappa shape index (κ3) is 4.04. The Morgan fingerprint density at radius 3 is 2.59 bits per heavy atom. The molecule has 0 aromatic heterocycles. The second-order valence-electron chi connectivity index (χ2n) is 5.73. The second-order valence-corrected chi connectivity index (χ2v) is 8.26. The van der Waals surface area contributed by atoms with Crippen molar-refractivity contribution in [3.63, 3.8) is 0 Å². The minimum Gasteiger partial charge on any atom is -0.506 e. The molecule has 0 radical (unpaired) electrons. The average molecular weight is 474 g/mol. The Bertz CT molecular complexity index is 966. The van der Waals surface area contributed by atoms with Gasteiger partial charge in [0.1, 0.15) is 5.75 Å². The number of anilines is 1. The third-order valence-corrected chi connectivity index (χ3v) is 5.71. The SMILES string of the molecule is Cc1cc(/C=C2\SC(=S)N(c3cccc(C(F)(F)F)c3)C2=O)cc(Br)c1O. The van der Waals surface area contributed by atoms with Gasteiger partial charge in [-0.25, -0.2) is 0 Å². The number of phenols is 1. The lowest BCUT2D eigenvalue weighted by molar-refractivity contribution is -0.137. The van der Waals surface area contributed by atoms with Gasteiger partial charge in [0, 0.05) is 0 Å². The fourth-order valence-electron chi connectivity index (χ4n) is 2.51. The molecule has 1 aliphatic rings. The van der Waals surface area contributed by atoms with Gasteiger partial charge in [-0.15, -0.1) is 0 Å². The molecular formula is C18H11BrF3NO2S2. The maximum atomic E-state index is 12.9. The number of nitrogens with zero attached hydrogens (tertiary/aromatic N) is 1. The van der Waals surface area contributed by atoms with Crippen molar-refractivity contribution in [3.8, 4) is 5.75 Å². The van der Waals surface area contributed by atoms with Gasteiger partial charge in [-0.05, 0) is 70.4 Å². The van der Waals surface area contributed by atoms with E-state index >= 15 is 0 Å². The molecule has 1 heterocycles. The van der Waals surface area contributed by atoms with Gasteiger partial charge in [-0.1, -0.05) is 30.0 Å². The number of carbonyl (C=O) groups is 1. The summed E-state index contributed by atoms with van der Waals surface area (Å²) in [6.07, 6.45) is -2.92. The molecule has 0 bridgehead atoms. The summed E-state index contributed by atoms with van der Waals surface area (Å²) in [5.74, 6) is -0.394. The van der Waals surface area contributed by atoms with Crippen LogP contribution in [-0.4, -0.2) is 15.3 Å². The number of thiocarbonyl (C=S) groups is 1. The van der Waals surface area contributed by atoms with Crippen LogP contribution in [0.25, 0.3) is 6.08 Å². The van der Waals surface area contributed by atoms with Crippen LogP contribution < -0.4 is 4.90 Å². The minimum atomic E-state index is -4.51. The minimum absolute atomic E-state index is 0.0683. The summed E-state index contributed by atoms with van der Waals surface area (Å²) in [4.78, 5) is 14.1. The summed E-state index contributed by atoms with van der Waals surface area (Å²) < 4.78 is 39.5. The molecule has 1 N–H and O–H groups in total. The van der Waals surface area contributed by atoms with Gasteiger partial charge >= 0.3 is 6.18 Å². The van der Waals surface area contributed by atoms with E-state index in [4.69, 9.17) is 12.2 Å². The third-order valence-electron chi connectivity index (χ3n) is 3.80. The normalized spacial score (nSPS) is 16.5. The van der Waals surface area contributed by atoms with Crippen LogP contribution >= 0.6 is 39.9 Å². The van der Waals surface area contributed by atoms with Crippen LogP contribution in [0, 0.1) is 6.92 Å². The molecule has 1 fully saturated rings. The van der Waals surface area contributed by atoms with Crippen molar-refractivity contribution in [1.82, 2.24) is 0 Å². The summed E-state index contributed by atoms with van der Waals surface area (Å²) in [5, 5.41) is 9.81. The van der Waals surface area contributed by atoms with Gasteiger partial charge in [0.2, 0.25) is 0 Å². The molecule has 27 heavy (non-hydrogen) atoms. The first-order valence-corrected chi connectivity index (χ1v) is 9.54. The number of benzene rings is 2. The summed E-state index contributed by atoms with van der Waals surface area (Å²) in [5.41, 5.74) is 0.487. The molecular weight excluding hydrogens is 463 g/mol. The molecule has 0 aliphatic carbocycles. The van der Waals surface area contributed by atoms with Gasteiger partial charge in [0.05, 0.1) is 20.6 Å². The number of thioether (sulfide) groups is 1. The quantitative estimate of drug-likeness (QED) is 0.436. The number of carbonyl (C=O) groups excluding carboxylic acids is 1. The zero-order valence-corrected chi connectivity index (χ0v) is 16.9. The molecule has 0 spiro atoms. The van der Waals surface area contributed by atoms with Crippen molar-refractivity contribution in [3.05, 3.63) is 62.5 Å². The number of halogens is 4. The number of alkyl halides is 3. The van der Waals surface area contributed by atoms with Crippen molar-refractivity contribution >= 4 is 61.9 Å². The molecule has 1 aliphatic heterocycles. The zero-order valence-electron chi connectivity index (χ0n) is 13.7. The Balaban J connectivity index is 1.97. The first kappa shape index (κ1) is 19.9. The highest BCUT2D eigenvalue weighted by Gasteiger charge is 2.36. The topological polar surface area (TPSA) is 40.5 Å². The Labute approximate surface area is 171 Å². The maximum Gasteiger partial charge on any atom is 0.416 e. The van der Waals surface area contributed by atoms with E-state index in [-0.39, 0.29) is 20.7 Å². The Kier molecular flexibility index (Phi) is 5.38. The van der Waals surface area contributed by atoms with Gasteiger partial charge in [0.25, 0.3) is 5.91 Å². The van der Waals surface area contributed by atoms with Gasteiger partial charge in [-0.2, -0.15) is 13.2 Å². The largest absolute Gasteiger partial charge is 0.506 e. The molecule has 2 aromatic rings.